The number of methoxy groups -OCH3 is 1. The SMILES string of the molecule is COC1=C(C)C(=O)O/C1=C1/OC2=CCCN3[C@@H](C[C@@H](Cc4ccccc4)C[C@H]3[C@@H](O)CCC(C)C)[C@H]2[C@@H]1C. The molecule has 4 heterocycles. The van der Waals surface area contributed by atoms with Crippen LogP contribution in [0.15, 0.2) is 65.0 Å². The Bertz CT molecular complexity index is 1120. The van der Waals surface area contributed by atoms with Gasteiger partial charge in [0.1, 0.15) is 5.76 Å². The van der Waals surface area contributed by atoms with E-state index in [-0.39, 0.29) is 36.0 Å². The number of allylic oxidation sites excluding steroid dienone is 1. The van der Waals surface area contributed by atoms with E-state index < -0.39 is 0 Å². The fraction of sp³-hybridized carbons (Fsp3) is 0.594. The van der Waals surface area contributed by atoms with Crippen LogP contribution < -0.4 is 0 Å². The second-order valence-electron chi connectivity index (χ2n) is 12.0. The standard InChI is InChI=1S/C32H43NO5/c1-19(2)13-14-26(34)24-17-23(16-22-10-7-6-8-11-22)18-25-28-20(3)30(37-27(28)12-9-15-33(24)25)31-29(36-5)21(4)32(35)38-31/h6-8,10-12,19-20,23-26,28,34H,9,13-18H2,1-5H3/b31-30+/t20-,23-,24-,25-,26-,28+/m0/s1. The van der Waals surface area contributed by atoms with E-state index in [0.29, 0.717) is 34.7 Å². The van der Waals surface area contributed by atoms with Crippen LogP contribution in [-0.4, -0.2) is 47.8 Å². The fourth-order valence-electron chi connectivity index (χ4n) is 7.06. The highest BCUT2D eigenvalue weighted by Gasteiger charge is 2.51. The summed E-state index contributed by atoms with van der Waals surface area (Å²) in [5.41, 5.74) is 1.83. The maximum absolute atomic E-state index is 12.4. The molecule has 2 saturated heterocycles. The zero-order valence-corrected chi connectivity index (χ0v) is 23.5. The minimum Gasteiger partial charge on any atom is -0.492 e. The van der Waals surface area contributed by atoms with E-state index in [1.54, 1.807) is 14.0 Å². The molecule has 4 aliphatic rings. The van der Waals surface area contributed by atoms with Gasteiger partial charge in [0.2, 0.25) is 5.76 Å². The highest BCUT2D eigenvalue weighted by Crippen LogP contribution is 2.50. The normalized spacial score (nSPS) is 32.3. The van der Waals surface area contributed by atoms with Crippen molar-refractivity contribution < 1.29 is 24.1 Å². The number of carbonyl (C=O) groups is 1. The van der Waals surface area contributed by atoms with Crippen LogP contribution in [0.4, 0.5) is 0 Å². The molecule has 2 fully saturated rings. The van der Waals surface area contributed by atoms with Crippen molar-refractivity contribution in [3.05, 3.63) is 70.6 Å². The summed E-state index contributed by atoms with van der Waals surface area (Å²) in [6, 6.07) is 11.1. The average molecular weight is 522 g/mol. The summed E-state index contributed by atoms with van der Waals surface area (Å²) in [4.78, 5) is 14.9. The van der Waals surface area contributed by atoms with E-state index in [2.05, 4.69) is 62.1 Å². The van der Waals surface area contributed by atoms with Gasteiger partial charge in [0.05, 0.1) is 18.8 Å². The first-order valence-electron chi connectivity index (χ1n) is 14.4. The van der Waals surface area contributed by atoms with Gasteiger partial charge in [-0.2, -0.15) is 0 Å². The highest BCUT2D eigenvalue weighted by molar-refractivity contribution is 5.93. The molecular weight excluding hydrogens is 478 g/mol. The Hall–Kier alpha value is -2.57. The molecule has 1 aromatic carbocycles. The van der Waals surface area contributed by atoms with Gasteiger partial charge in [0, 0.05) is 30.5 Å². The van der Waals surface area contributed by atoms with E-state index in [0.717, 1.165) is 50.8 Å². The molecule has 4 aliphatic heterocycles. The zero-order valence-electron chi connectivity index (χ0n) is 23.5. The Kier molecular flexibility index (Phi) is 8.01. The number of benzene rings is 1. The molecule has 0 amide bonds. The Morgan fingerprint density at radius 1 is 1.13 bits per heavy atom. The number of fused-ring (bicyclic) bond motifs is 3. The third kappa shape index (κ3) is 5.17. The minimum absolute atomic E-state index is 0.0228. The molecule has 0 aromatic heterocycles. The van der Waals surface area contributed by atoms with Crippen molar-refractivity contribution in [2.75, 3.05) is 13.7 Å². The number of piperidine rings is 1. The van der Waals surface area contributed by atoms with Gasteiger partial charge in [-0.1, -0.05) is 51.1 Å². The van der Waals surface area contributed by atoms with E-state index in [1.807, 2.05) is 0 Å². The van der Waals surface area contributed by atoms with Crippen LogP contribution in [0, 0.1) is 23.7 Å². The quantitative estimate of drug-likeness (QED) is 0.462. The van der Waals surface area contributed by atoms with Crippen molar-refractivity contribution in [3.63, 3.8) is 0 Å². The number of carbonyl (C=O) groups excluding carboxylic acids is 1. The summed E-state index contributed by atoms with van der Waals surface area (Å²) in [5, 5.41) is 11.5. The number of nitrogens with zero attached hydrogens (tertiary/aromatic N) is 1. The number of rotatable bonds is 7. The van der Waals surface area contributed by atoms with Crippen LogP contribution in [0.25, 0.3) is 0 Å². The predicted octanol–water partition coefficient (Wildman–Crippen LogP) is 5.73. The van der Waals surface area contributed by atoms with Crippen LogP contribution in [-0.2, 0) is 25.4 Å². The number of hydrogen-bond acceptors (Lipinski definition) is 6. The number of aliphatic hydroxyl groups is 1. The number of hydrogen-bond donors (Lipinski definition) is 1. The first kappa shape index (κ1) is 27.0. The average Bonchev–Trinajstić information content (AvgIpc) is 3.29. The van der Waals surface area contributed by atoms with E-state index >= 15 is 0 Å². The van der Waals surface area contributed by atoms with Crippen molar-refractivity contribution in [2.45, 2.75) is 84.4 Å². The van der Waals surface area contributed by atoms with Gasteiger partial charge in [-0.05, 0) is 68.9 Å². The molecule has 0 saturated carbocycles. The van der Waals surface area contributed by atoms with Crippen LogP contribution >= 0.6 is 0 Å². The zero-order chi connectivity index (χ0) is 27.0. The Morgan fingerprint density at radius 3 is 2.61 bits per heavy atom. The first-order chi connectivity index (χ1) is 18.3. The second-order valence-corrected chi connectivity index (χ2v) is 12.0. The third-order valence-electron chi connectivity index (χ3n) is 8.98. The van der Waals surface area contributed by atoms with Gasteiger partial charge >= 0.3 is 5.97 Å². The summed E-state index contributed by atoms with van der Waals surface area (Å²) < 4.78 is 17.7. The predicted molar refractivity (Wildman–Crippen MR) is 146 cm³/mol. The van der Waals surface area contributed by atoms with Crippen molar-refractivity contribution in [2.24, 2.45) is 23.7 Å². The smallest absolute Gasteiger partial charge is 0.343 e. The Morgan fingerprint density at radius 2 is 1.89 bits per heavy atom. The van der Waals surface area contributed by atoms with Gasteiger partial charge in [0.15, 0.2) is 11.5 Å². The molecule has 0 unspecified atom stereocenters. The fourth-order valence-corrected chi connectivity index (χ4v) is 7.06. The second kappa shape index (κ2) is 11.3. The van der Waals surface area contributed by atoms with Gasteiger partial charge in [-0.3, -0.25) is 4.90 Å². The lowest BCUT2D eigenvalue weighted by atomic mass is 9.73. The molecule has 0 spiro atoms. The summed E-state index contributed by atoms with van der Waals surface area (Å²) in [7, 11) is 1.57. The number of ether oxygens (including phenoxy) is 3. The summed E-state index contributed by atoms with van der Waals surface area (Å²) in [5.74, 6) is 3.38. The van der Waals surface area contributed by atoms with Crippen LogP contribution in [0.3, 0.4) is 0 Å². The Labute approximate surface area is 227 Å². The Balaban J connectivity index is 1.48. The van der Waals surface area contributed by atoms with E-state index in [9.17, 15) is 9.90 Å². The van der Waals surface area contributed by atoms with E-state index in [1.165, 1.54) is 5.56 Å². The highest BCUT2D eigenvalue weighted by atomic mass is 16.6. The molecule has 38 heavy (non-hydrogen) atoms. The molecular formula is C32H43NO5. The van der Waals surface area contributed by atoms with Crippen LogP contribution in [0.2, 0.25) is 0 Å². The van der Waals surface area contributed by atoms with Gasteiger partial charge in [-0.25, -0.2) is 4.79 Å². The molecule has 6 nitrogen and oxygen atoms in total. The van der Waals surface area contributed by atoms with Crippen LogP contribution in [0.1, 0.15) is 65.4 Å². The van der Waals surface area contributed by atoms with Crippen LogP contribution in [0.5, 0.6) is 0 Å². The summed E-state index contributed by atoms with van der Waals surface area (Å²) in [6.45, 7) is 9.28. The van der Waals surface area contributed by atoms with Crippen molar-refractivity contribution >= 4 is 5.97 Å². The lowest BCUT2D eigenvalue weighted by Gasteiger charge is -2.49. The largest absolute Gasteiger partial charge is 0.492 e. The topological polar surface area (TPSA) is 68.2 Å². The van der Waals surface area contributed by atoms with Gasteiger partial charge in [0.25, 0.3) is 0 Å². The molecule has 0 aliphatic carbocycles. The first-order valence-corrected chi connectivity index (χ1v) is 14.4. The summed E-state index contributed by atoms with van der Waals surface area (Å²) >= 11 is 0. The van der Waals surface area contributed by atoms with E-state index in [4.69, 9.17) is 14.2 Å². The number of esters is 1. The van der Waals surface area contributed by atoms with Gasteiger partial charge < -0.3 is 19.3 Å². The molecule has 6 heteroatoms. The molecule has 0 radical (unpaired) electrons. The third-order valence-corrected chi connectivity index (χ3v) is 8.98. The number of cyclic esters (lactones) is 1. The maximum atomic E-state index is 12.4. The molecule has 1 N–H and O–H groups in total. The minimum atomic E-state index is -0.378. The van der Waals surface area contributed by atoms with Gasteiger partial charge in [-0.15, -0.1) is 0 Å². The lowest BCUT2D eigenvalue weighted by Crippen LogP contribution is -2.57. The monoisotopic (exact) mass is 521 g/mol. The summed E-state index contributed by atoms with van der Waals surface area (Å²) in [6.07, 6.45) is 7.66. The lowest BCUT2D eigenvalue weighted by molar-refractivity contribution is -0.133. The maximum Gasteiger partial charge on any atom is 0.343 e. The molecule has 5 rings (SSSR count). The molecule has 0 bridgehead atoms. The van der Waals surface area contributed by atoms with Crippen molar-refractivity contribution in [3.8, 4) is 0 Å². The number of aliphatic hydroxyl groups excluding tert-OH is 1. The molecule has 206 valence electrons. The van der Waals surface area contributed by atoms with Crippen molar-refractivity contribution in [1.82, 2.24) is 4.90 Å². The van der Waals surface area contributed by atoms with Crippen molar-refractivity contribution in [1.29, 1.82) is 0 Å². The molecule has 6 atom stereocenters. The molecule has 1 aromatic rings.